The van der Waals surface area contributed by atoms with Gasteiger partial charge >= 0.3 is 5.97 Å². The van der Waals surface area contributed by atoms with Crippen LogP contribution in [-0.4, -0.2) is 24.2 Å². The zero-order valence-corrected chi connectivity index (χ0v) is 9.76. The molecule has 2 aromatic carbocycles. The zero-order valence-electron chi connectivity index (χ0n) is 9.76. The fraction of sp³-hybridized carbons (Fsp3) is 0.214. The molecule has 0 bridgehead atoms. The second-order valence-corrected chi connectivity index (χ2v) is 3.91. The average Bonchev–Trinajstić information content (AvgIpc) is 2.35. The molecule has 0 amide bonds. The molecule has 2 rings (SSSR count). The van der Waals surface area contributed by atoms with Crippen molar-refractivity contribution in [2.75, 3.05) is 18.0 Å². The number of anilines is 1. The predicted molar refractivity (Wildman–Crippen MR) is 69.5 cm³/mol. The second kappa shape index (κ2) is 4.87. The number of rotatable bonds is 4. The normalized spacial score (nSPS) is 10.4. The summed E-state index contributed by atoms with van der Waals surface area (Å²) in [5.41, 5.74) is 0.980. The van der Waals surface area contributed by atoms with Crippen molar-refractivity contribution in [1.82, 2.24) is 0 Å². The molecule has 3 nitrogen and oxygen atoms in total. The topological polar surface area (TPSA) is 40.5 Å². The summed E-state index contributed by atoms with van der Waals surface area (Å²) in [6, 6.07) is 14.0. The van der Waals surface area contributed by atoms with Crippen LogP contribution in [0.15, 0.2) is 42.5 Å². The van der Waals surface area contributed by atoms with Crippen molar-refractivity contribution in [3.8, 4) is 0 Å². The van der Waals surface area contributed by atoms with Crippen molar-refractivity contribution in [3.63, 3.8) is 0 Å². The van der Waals surface area contributed by atoms with Crippen LogP contribution in [0, 0.1) is 0 Å². The van der Waals surface area contributed by atoms with Crippen molar-refractivity contribution in [2.24, 2.45) is 0 Å². The summed E-state index contributed by atoms with van der Waals surface area (Å²) in [5.74, 6) is -0.806. The van der Waals surface area contributed by atoms with Crippen LogP contribution in [0.1, 0.15) is 6.92 Å². The number of hydrogen-bond donors (Lipinski definition) is 1. The third-order valence-electron chi connectivity index (χ3n) is 2.82. The zero-order chi connectivity index (χ0) is 12.3. The van der Waals surface area contributed by atoms with Crippen LogP contribution in [-0.2, 0) is 4.79 Å². The van der Waals surface area contributed by atoms with E-state index in [4.69, 9.17) is 5.11 Å². The van der Waals surface area contributed by atoms with Gasteiger partial charge in [-0.3, -0.25) is 4.79 Å². The molecular formula is C14H15NO2. The van der Waals surface area contributed by atoms with Crippen molar-refractivity contribution < 1.29 is 9.90 Å². The van der Waals surface area contributed by atoms with Crippen LogP contribution in [0.3, 0.4) is 0 Å². The summed E-state index contributed by atoms with van der Waals surface area (Å²) >= 11 is 0. The molecule has 2 aromatic rings. The number of carbonyl (C=O) groups is 1. The lowest BCUT2D eigenvalue weighted by Gasteiger charge is -2.22. The van der Waals surface area contributed by atoms with E-state index in [2.05, 4.69) is 0 Å². The van der Waals surface area contributed by atoms with Gasteiger partial charge in [-0.15, -0.1) is 0 Å². The maximum Gasteiger partial charge on any atom is 0.323 e. The molecule has 1 N–H and O–H groups in total. The van der Waals surface area contributed by atoms with E-state index in [1.807, 2.05) is 54.3 Å². The Bertz CT molecular complexity index is 531. The highest BCUT2D eigenvalue weighted by atomic mass is 16.4. The Morgan fingerprint density at radius 2 is 1.88 bits per heavy atom. The van der Waals surface area contributed by atoms with E-state index < -0.39 is 5.97 Å². The van der Waals surface area contributed by atoms with Gasteiger partial charge in [0.2, 0.25) is 0 Å². The number of carboxylic acids is 1. The number of hydrogen-bond acceptors (Lipinski definition) is 2. The van der Waals surface area contributed by atoms with E-state index in [1.165, 1.54) is 0 Å². The molecule has 0 heterocycles. The molecule has 0 aromatic heterocycles. The minimum atomic E-state index is -0.806. The Balaban J connectivity index is 2.49. The first-order chi connectivity index (χ1) is 8.22. The molecule has 88 valence electrons. The maximum absolute atomic E-state index is 10.8. The van der Waals surface area contributed by atoms with Crippen molar-refractivity contribution >= 4 is 22.4 Å². The van der Waals surface area contributed by atoms with Crippen LogP contribution < -0.4 is 4.90 Å². The molecule has 0 radical (unpaired) electrons. The van der Waals surface area contributed by atoms with Gasteiger partial charge in [-0.2, -0.15) is 0 Å². The van der Waals surface area contributed by atoms with Crippen LogP contribution in [0.5, 0.6) is 0 Å². The average molecular weight is 229 g/mol. The standard InChI is InChI=1S/C14H15NO2/c1-2-15(10-14(16)17)13-9-5-7-11-6-3-4-8-12(11)13/h3-9H,2,10H2,1H3,(H,16,17). The van der Waals surface area contributed by atoms with E-state index in [0.29, 0.717) is 6.54 Å². The van der Waals surface area contributed by atoms with Crippen LogP contribution in [0.4, 0.5) is 5.69 Å². The van der Waals surface area contributed by atoms with E-state index >= 15 is 0 Å². The minimum Gasteiger partial charge on any atom is -0.480 e. The summed E-state index contributed by atoms with van der Waals surface area (Å²) in [4.78, 5) is 12.7. The second-order valence-electron chi connectivity index (χ2n) is 3.91. The quantitative estimate of drug-likeness (QED) is 0.876. The number of nitrogens with zero attached hydrogens (tertiary/aromatic N) is 1. The summed E-state index contributed by atoms with van der Waals surface area (Å²) in [6.07, 6.45) is 0. The lowest BCUT2D eigenvalue weighted by Crippen LogP contribution is -2.29. The van der Waals surface area contributed by atoms with Gasteiger partial charge in [0.15, 0.2) is 0 Å². The van der Waals surface area contributed by atoms with Crippen LogP contribution in [0.2, 0.25) is 0 Å². The third-order valence-corrected chi connectivity index (χ3v) is 2.82. The van der Waals surface area contributed by atoms with E-state index in [9.17, 15) is 4.79 Å². The molecule has 3 heteroatoms. The van der Waals surface area contributed by atoms with Crippen LogP contribution >= 0.6 is 0 Å². The van der Waals surface area contributed by atoms with E-state index in [0.717, 1.165) is 16.5 Å². The molecule has 0 aliphatic rings. The number of aliphatic carboxylic acids is 1. The molecular weight excluding hydrogens is 214 g/mol. The first kappa shape index (κ1) is 11.5. The molecule has 0 aliphatic heterocycles. The molecule has 17 heavy (non-hydrogen) atoms. The summed E-state index contributed by atoms with van der Waals surface area (Å²) in [5, 5.41) is 11.1. The van der Waals surface area contributed by atoms with Gasteiger partial charge in [0.25, 0.3) is 0 Å². The molecule has 0 aliphatic carbocycles. The van der Waals surface area contributed by atoms with E-state index in [1.54, 1.807) is 0 Å². The molecule has 0 saturated carbocycles. The Kier molecular flexibility index (Phi) is 3.28. The number of carboxylic acid groups (broad SMARTS) is 1. The largest absolute Gasteiger partial charge is 0.480 e. The summed E-state index contributed by atoms with van der Waals surface area (Å²) in [7, 11) is 0. The van der Waals surface area contributed by atoms with E-state index in [-0.39, 0.29) is 6.54 Å². The van der Waals surface area contributed by atoms with Gasteiger partial charge in [-0.1, -0.05) is 36.4 Å². The molecule has 0 saturated heterocycles. The number of fused-ring (bicyclic) bond motifs is 1. The van der Waals surface area contributed by atoms with Gasteiger partial charge in [0, 0.05) is 17.6 Å². The fourth-order valence-corrected chi connectivity index (χ4v) is 2.01. The fourth-order valence-electron chi connectivity index (χ4n) is 2.01. The van der Waals surface area contributed by atoms with Crippen LogP contribution in [0.25, 0.3) is 10.8 Å². The first-order valence-corrected chi connectivity index (χ1v) is 5.67. The highest BCUT2D eigenvalue weighted by Gasteiger charge is 2.10. The predicted octanol–water partition coefficient (Wildman–Crippen LogP) is 2.75. The lowest BCUT2D eigenvalue weighted by atomic mass is 10.1. The Morgan fingerprint density at radius 1 is 1.18 bits per heavy atom. The van der Waals surface area contributed by atoms with Gasteiger partial charge in [-0.25, -0.2) is 0 Å². The minimum absolute atomic E-state index is 0.0322. The first-order valence-electron chi connectivity index (χ1n) is 5.67. The highest BCUT2D eigenvalue weighted by Crippen LogP contribution is 2.26. The van der Waals surface area contributed by atoms with Crippen molar-refractivity contribution in [2.45, 2.75) is 6.92 Å². The highest BCUT2D eigenvalue weighted by molar-refractivity contribution is 5.95. The molecule has 0 spiro atoms. The Hall–Kier alpha value is -2.03. The molecule has 0 atom stereocenters. The molecule has 0 unspecified atom stereocenters. The maximum atomic E-state index is 10.8. The summed E-state index contributed by atoms with van der Waals surface area (Å²) < 4.78 is 0. The number of likely N-dealkylation sites (N-methyl/N-ethyl adjacent to an activating group) is 1. The lowest BCUT2D eigenvalue weighted by molar-refractivity contribution is -0.135. The number of benzene rings is 2. The van der Waals surface area contributed by atoms with Gasteiger partial charge < -0.3 is 10.0 Å². The Morgan fingerprint density at radius 3 is 2.59 bits per heavy atom. The molecule has 0 fully saturated rings. The van der Waals surface area contributed by atoms with Gasteiger partial charge in [0.1, 0.15) is 6.54 Å². The SMILES string of the molecule is CCN(CC(=O)O)c1cccc2ccccc12. The van der Waals surface area contributed by atoms with Crippen molar-refractivity contribution in [3.05, 3.63) is 42.5 Å². The van der Waals surface area contributed by atoms with Gasteiger partial charge in [-0.05, 0) is 18.4 Å². The monoisotopic (exact) mass is 229 g/mol. The summed E-state index contributed by atoms with van der Waals surface area (Å²) in [6.45, 7) is 2.68. The smallest absolute Gasteiger partial charge is 0.323 e. The van der Waals surface area contributed by atoms with Crippen molar-refractivity contribution in [1.29, 1.82) is 0 Å². The third kappa shape index (κ3) is 2.38. The van der Waals surface area contributed by atoms with Gasteiger partial charge in [0.05, 0.1) is 0 Å². The Labute approximate surface area is 100 Å².